The van der Waals surface area contributed by atoms with E-state index in [0.717, 1.165) is 12.3 Å². The number of pyridine rings is 1. The van der Waals surface area contributed by atoms with Crippen molar-refractivity contribution in [3.63, 3.8) is 0 Å². The molecule has 14 heavy (non-hydrogen) atoms. The van der Waals surface area contributed by atoms with E-state index in [9.17, 15) is 17.2 Å². The van der Waals surface area contributed by atoms with Gasteiger partial charge < -0.3 is 0 Å². The summed E-state index contributed by atoms with van der Waals surface area (Å²) in [6, 6.07) is 3.81. The molecule has 0 unspecified atom stereocenters. The van der Waals surface area contributed by atoms with Crippen molar-refractivity contribution in [2.45, 2.75) is 10.5 Å². The van der Waals surface area contributed by atoms with Gasteiger partial charge in [-0.25, -0.2) is 4.98 Å². The van der Waals surface area contributed by atoms with Gasteiger partial charge >= 0.3 is 15.6 Å². The van der Waals surface area contributed by atoms with Crippen LogP contribution in [0.5, 0.6) is 0 Å². The minimum absolute atomic E-state index is 0.589. The second kappa shape index (κ2) is 3.79. The van der Waals surface area contributed by atoms with Gasteiger partial charge in [-0.2, -0.15) is 21.4 Å². The van der Waals surface area contributed by atoms with Crippen LogP contribution in [-0.2, 0) is 14.3 Å². The standard InChI is InChI=1S/C6H5F2NO3S2/c7-6(8,13)12-14(10,11)5-3-1-2-4-9-5/h1-4,13H. The van der Waals surface area contributed by atoms with Gasteiger partial charge in [0.15, 0.2) is 5.03 Å². The molecule has 0 aromatic carbocycles. The second-order valence-corrected chi connectivity index (χ2v) is 4.21. The lowest BCUT2D eigenvalue weighted by Gasteiger charge is -2.09. The highest BCUT2D eigenvalue weighted by atomic mass is 32.2. The highest BCUT2D eigenvalue weighted by Gasteiger charge is 2.33. The first-order chi connectivity index (χ1) is 6.31. The molecule has 0 saturated heterocycles. The van der Waals surface area contributed by atoms with E-state index in [1.54, 1.807) is 0 Å². The van der Waals surface area contributed by atoms with Crippen LogP contribution >= 0.6 is 12.6 Å². The molecule has 0 bridgehead atoms. The molecule has 0 aliphatic carbocycles. The van der Waals surface area contributed by atoms with E-state index in [1.165, 1.54) is 12.1 Å². The largest absolute Gasteiger partial charge is 0.419 e. The van der Waals surface area contributed by atoms with Crippen LogP contribution in [0.2, 0.25) is 0 Å². The zero-order valence-electron chi connectivity index (χ0n) is 6.59. The number of alkyl halides is 2. The topological polar surface area (TPSA) is 56.3 Å². The molecule has 1 rings (SSSR count). The third kappa shape index (κ3) is 3.20. The van der Waals surface area contributed by atoms with Crippen LogP contribution in [0.3, 0.4) is 0 Å². The summed E-state index contributed by atoms with van der Waals surface area (Å²) in [5, 5.41) is -0.589. The van der Waals surface area contributed by atoms with Crippen LogP contribution in [0.4, 0.5) is 8.78 Å². The van der Waals surface area contributed by atoms with Gasteiger partial charge in [-0.05, 0) is 12.1 Å². The average Bonchev–Trinajstić information content (AvgIpc) is 2.01. The van der Waals surface area contributed by atoms with Gasteiger partial charge in [0.05, 0.1) is 0 Å². The molecule has 1 aromatic rings. The maximum absolute atomic E-state index is 12.1. The number of hydrogen-bond donors (Lipinski definition) is 1. The number of thiol groups is 1. The van der Waals surface area contributed by atoms with Crippen molar-refractivity contribution in [2.75, 3.05) is 0 Å². The number of nitrogens with zero attached hydrogens (tertiary/aromatic N) is 1. The molecule has 0 N–H and O–H groups in total. The van der Waals surface area contributed by atoms with E-state index in [2.05, 4.69) is 21.8 Å². The first-order valence-electron chi connectivity index (χ1n) is 3.28. The molecule has 0 spiro atoms. The maximum Gasteiger partial charge on any atom is 0.419 e. The van der Waals surface area contributed by atoms with Crippen LogP contribution in [0.15, 0.2) is 29.4 Å². The van der Waals surface area contributed by atoms with Crippen LogP contribution in [0.1, 0.15) is 0 Å². The summed E-state index contributed by atoms with van der Waals surface area (Å²) in [5.74, 6) is 0. The molecular weight excluding hydrogens is 236 g/mol. The smallest absolute Gasteiger partial charge is 0.243 e. The van der Waals surface area contributed by atoms with Gasteiger partial charge in [0, 0.05) is 6.20 Å². The van der Waals surface area contributed by atoms with E-state index in [1.807, 2.05) is 0 Å². The zero-order chi connectivity index (χ0) is 10.8. The zero-order valence-corrected chi connectivity index (χ0v) is 8.30. The van der Waals surface area contributed by atoms with Gasteiger partial charge in [0.1, 0.15) is 0 Å². The lowest BCUT2D eigenvalue weighted by atomic mass is 10.5. The van der Waals surface area contributed by atoms with E-state index in [0.29, 0.717) is 0 Å². The minimum Gasteiger partial charge on any atom is -0.243 e. The van der Waals surface area contributed by atoms with Crippen molar-refractivity contribution in [3.05, 3.63) is 24.4 Å². The molecule has 8 heteroatoms. The second-order valence-electron chi connectivity index (χ2n) is 2.19. The van der Waals surface area contributed by atoms with E-state index in [4.69, 9.17) is 0 Å². The van der Waals surface area contributed by atoms with Crippen molar-refractivity contribution in [1.82, 2.24) is 4.98 Å². The molecule has 0 amide bonds. The fraction of sp³-hybridized carbons (Fsp3) is 0.167. The van der Waals surface area contributed by atoms with Gasteiger partial charge in [0.25, 0.3) is 0 Å². The lowest BCUT2D eigenvalue weighted by molar-refractivity contribution is -0.0809. The molecule has 78 valence electrons. The normalized spacial score (nSPS) is 12.8. The van der Waals surface area contributed by atoms with E-state index in [-0.39, 0.29) is 0 Å². The van der Waals surface area contributed by atoms with Gasteiger partial charge in [0.2, 0.25) is 0 Å². The highest BCUT2D eigenvalue weighted by Crippen LogP contribution is 2.25. The summed E-state index contributed by atoms with van der Waals surface area (Å²) in [4.78, 5) is 3.35. The van der Waals surface area contributed by atoms with Crippen molar-refractivity contribution < 1.29 is 21.4 Å². The molecule has 0 radical (unpaired) electrons. The summed E-state index contributed by atoms with van der Waals surface area (Å²) in [5.41, 5.74) is -4.05. The molecule has 0 aliphatic heterocycles. The molecule has 0 saturated carbocycles. The summed E-state index contributed by atoms with van der Waals surface area (Å²) < 4.78 is 49.8. The Morgan fingerprint density at radius 1 is 1.43 bits per heavy atom. The van der Waals surface area contributed by atoms with Crippen LogP contribution < -0.4 is 0 Å². The predicted molar refractivity (Wildman–Crippen MR) is 46.4 cm³/mol. The van der Waals surface area contributed by atoms with Crippen LogP contribution in [-0.4, -0.2) is 18.8 Å². The number of hydrogen-bond acceptors (Lipinski definition) is 5. The van der Waals surface area contributed by atoms with Crippen LogP contribution in [0.25, 0.3) is 0 Å². The molecule has 0 aliphatic rings. The van der Waals surface area contributed by atoms with E-state index >= 15 is 0 Å². The highest BCUT2D eigenvalue weighted by molar-refractivity contribution is 7.88. The summed E-state index contributed by atoms with van der Waals surface area (Å²) in [6.45, 7) is 0. The monoisotopic (exact) mass is 241 g/mol. The maximum atomic E-state index is 12.1. The van der Waals surface area contributed by atoms with Gasteiger partial charge in [-0.15, -0.1) is 0 Å². The fourth-order valence-electron chi connectivity index (χ4n) is 0.670. The average molecular weight is 241 g/mol. The Morgan fingerprint density at radius 3 is 2.50 bits per heavy atom. The first kappa shape index (κ1) is 11.3. The van der Waals surface area contributed by atoms with Crippen molar-refractivity contribution in [3.8, 4) is 0 Å². The molecule has 0 atom stereocenters. The molecule has 1 aromatic heterocycles. The number of rotatable bonds is 3. The van der Waals surface area contributed by atoms with Crippen LogP contribution in [0, 0.1) is 0 Å². The summed E-state index contributed by atoms with van der Waals surface area (Å²) in [7, 11) is -4.56. The fourth-order valence-corrected chi connectivity index (χ4v) is 1.75. The third-order valence-corrected chi connectivity index (χ3v) is 2.50. The summed E-state index contributed by atoms with van der Waals surface area (Å²) in [6.07, 6.45) is 1.15. The molecular formula is C6H5F2NO3S2. The van der Waals surface area contributed by atoms with Crippen molar-refractivity contribution >= 4 is 22.7 Å². The third-order valence-electron chi connectivity index (χ3n) is 1.10. The molecule has 1 heterocycles. The van der Waals surface area contributed by atoms with Gasteiger partial charge in [-0.1, -0.05) is 18.7 Å². The Labute approximate surface area is 84.5 Å². The summed E-state index contributed by atoms with van der Waals surface area (Å²) >= 11 is 2.64. The Balaban J connectivity index is 2.99. The first-order valence-corrected chi connectivity index (χ1v) is 5.14. The quantitative estimate of drug-likeness (QED) is 0.492. The Kier molecular flexibility index (Phi) is 3.07. The van der Waals surface area contributed by atoms with Crippen molar-refractivity contribution in [1.29, 1.82) is 0 Å². The van der Waals surface area contributed by atoms with Crippen molar-refractivity contribution in [2.24, 2.45) is 0 Å². The Hall–Kier alpha value is -0.730. The predicted octanol–water partition coefficient (Wildman–Crippen LogP) is 1.27. The van der Waals surface area contributed by atoms with E-state index < -0.39 is 20.6 Å². The minimum atomic E-state index is -4.56. The Bertz CT molecular complexity index is 401. The lowest BCUT2D eigenvalue weighted by Crippen LogP contribution is -2.19. The Morgan fingerprint density at radius 2 is 2.07 bits per heavy atom. The molecule has 4 nitrogen and oxygen atoms in total. The number of aromatic nitrogens is 1. The number of halogens is 2. The SMILES string of the molecule is O=S(=O)(OC(F)(F)S)c1ccccn1. The van der Waals surface area contributed by atoms with Gasteiger partial charge in [-0.3, -0.25) is 0 Å². The molecule has 0 fully saturated rings.